The number of benzene rings is 1. The van der Waals surface area contributed by atoms with Crippen molar-refractivity contribution in [3.05, 3.63) is 29.3 Å². The molecule has 19 heavy (non-hydrogen) atoms. The van der Waals surface area contributed by atoms with Gasteiger partial charge in [-0.25, -0.2) is 0 Å². The third-order valence-corrected chi connectivity index (χ3v) is 4.30. The Morgan fingerprint density at radius 1 is 1.21 bits per heavy atom. The van der Waals surface area contributed by atoms with E-state index in [1.165, 1.54) is 0 Å². The lowest BCUT2D eigenvalue weighted by Gasteiger charge is -2.16. The van der Waals surface area contributed by atoms with E-state index in [0.29, 0.717) is 5.02 Å². The van der Waals surface area contributed by atoms with Crippen molar-refractivity contribution in [3.8, 4) is 5.75 Å². The molecule has 1 aromatic rings. The SMILES string of the molecule is CCOP(=O)(CC(=O)Oc1ccccc1Cl)OCC. The normalized spacial score (nSPS) is 11.3. The van der Waals surface area contributed by atoms with Gasteiger partial charge in [-0.05, 0) is 26.0 Å². The molecule has 0 heterocycles. The van der Waals surface area contributed by atoms with Crippen molar-refractivity contribution in [2.24, 2.45) is 0 Å². The summed E-state index contributed by atoms with van der Waals surface area (Å²) in [6.45, 7) is 3.73. The van der Waals surface area contributed by atoms with Gasteiger partial charge in [-0.3, -0.25) is 9.36 Å². The minimum Gasteiger partial charge on any atom is -0.424 e. The van der Waals surface area contributed by atoms with Crippen LogP contribution in [0.15, 0.2) is 24.3 Å². The second-order valence-corrected chi connectivity index (χ2v) is 5.97. The zero-order valence-electron chi connectivity index (χ0n) is 10.8. The summed E-state index contributed by atoms with van der Waals surface area (Å²) in [6, 6.07) is 6.53. The smallest absolute Gasteiger partial charge is 0.341 e. The van der Waals surface area contributed by atoms with Gasteiger partial charge >= 0.3 is 13.6 Å². The number of esters is 1. The monoisotopic (exact) mass is 306 g/mol. The molecule has 0 N–H and O–H groups in total. The number of halogens is 1. The lowest BCUT2D eigenvalue weighted by atomic mass is 10.3. The van der Waals surface area contributed by atoms with Crippen LogP contribution in [0, 0.1) is 0 Å². The number of hydrogen-bond donors (Lipinski definition) is 0. The Morgan fingerprint density at radius 2 is 1.79 bits per heavy atom. The topological polar surface area (TPSA) is 61.8 Å². The van der Waals surface area contributed by atoms with Gasteiger partial charge in [0.1, 0.15) is 11.9 Å². The van der Waals surface area contributed by atoms with Gasteiger partial charge in [-0.15, -0.1) is 0 Å². The molecule has 0 spiro atoms. The van der Waals surface area contributed by atoms with Crippen molar-refractivity contribution in [3.63, 3.8) is 0 Å². The van der Waals surface area contributed by atoms with E-state index in [1.807, 2.05) is 0 Å². The molecule has 5 nitrogen and oxygen atoms in total. The highest BCUT2D eigenvalue weighted by molar-refractivity contribution is 7.54. The first-order chi connectivity index (χ1) is 9.00. The lowest BCUT2D eigenvalue weighted by Crippen LogP contribution is -2.16. The molecule has 106 valence electrons. The van der Waals surface area contributed by atoms with Crippen LogP contribution in [-0.4, -0.2) is 25.3 Å². The molecule has 0 amide bonds. The number of para-hydroxylation sites is 1. The molecule has 0 aliphatic carbocycles. The molecule has 7 heteroatoms. The molecule has 1 rings (SSSR count). The van der Waals surface area contributed by atoms with Crippen LogP contribution in [0.4, 0.5) is 0 Å². The first kappa shape index (κ1) is 16.2. The maximum Gasteiger partial charge on any atom is 0.341 e. The van der Waals surface area contributed by atoms with Crippen LogP contribution in [0.3, 0.4) is 0 Å². The molecule has 0 saturated heterocycles. The van der Waals surface area contributed by atoms with Gasteiger partial charge in [0.2, 0.25) is 0 Å². The van der Waals surface area contributed by atoms with E-state index in [4.69, 9.17) is 25.4 Å². The van der Waals surface area contributed by atoms with Gasteiger partial charge in [0.25, 0.3) is 0 Å². The number of carbonyl (C=O) groups excluding carboxylic acids is 1. The Hall–Kier alpha value is -0.870. The first-order valence-electron chi connectivity index (χ1n) is 5.84. The van der Waals surface area contributed by atoms with Crippen LogP contribution in [0.25, 0.3) is 0 Å². The second kappa shape index (κ2) is 7.65. The van der Waals surface area contributed by atoms with E-state index >= 15 is 0 Å². The van der Waals surface area contributed by atoms with Crippen LogP contribution in [0.5, 0.6) is 5.75 Å². The van der Waals surface area contributed by atoms with Gasteiger partial charge in [-0.2, -0.15) is 0 Å². The fourth-order valence-corrected chi connectivity index (χ4v) is 2.96. The van der Waals surface area contributed by atoms with E-state index in [2.05, 4.69) is 0 Å². The van der Waals surface area contributed by atoms with Gasteiger partial charge in [0, 0.05) is 0 Å². The van der Waals surface area contributed by atoms with E-state index in [0.717, 1.165) is 0 Å². The van der Waals surface area contributed by atoms with Crippen LogP contribution in [0.2, 0.25) is 5.02 Å². The van der Waals surface area contributed by atoms with Crippen molar-refractivity contribution in [1.82, 2.24) is 0 Å². The van der Waals surface area contributed by atoms with Crippen LogP contribution < -0.4 is 4.74 Å². The minimum atomic E-state index is -3.45. The quantitative estimate of drug-likeness (QED) is 0.438. The molecule has 0 atom stereocenters. The number of rotatable bonds is 7. The Labute approximate surface area is 117 Å². The molecule has 0 radical (unpaired) electrons. The van der Waals surface area contributed by atoms with Gasteiger partial charge in [0.05, 0.1) is 18.2 Å². The highest BCUT2D eigenvalue weighted by Gasteiger charge is 2.29. The summed E-state index contributed by atoms with van der Waals surface area (Å²) >= 11 is 5.85. The molecule has 0 saturated carbocycles. The fraction of sp³-hybridized carbons (Fsp3) is 0.417. The zero-order valence-corrected chi connectivity index (χ0v) is 12.4. The van der Waals surface area contributed by atoms with Gasteiger partial charge in [0.15, 0.2) is 0 Å². The standard InChI is InChI=1S/C12H16ClO5P/c1-3-16-19(15,17-4-2)9-12(14)18-11-8-6-5-7-10(11)13/h5-8H,3-4,9H2,1-2H3. The molecule has 0 fully saturated rings. The average molecular weight is 307 g/mol. The third-order valence-electron chi connectivity index (χ3n) is 2.03. The Kier molecular flexibility index (Phi) is 6.52. The number of hydrogen-bond acceptors (Lipinski definition) is 5. The minimum absolute atomic E-state index is 0.191. The molecule has 1 aromatic carbocycles. The van der Waals surface area contributed by atoms with Crippen LogP contribution >= 0.6 is 19.2 Å². The molecule has 0 aliphatic heterocycles. The molecule has 0 aromatic heterocycles. The Bertz CT molecular complexity index is 467. The lowest BCUT2D eigenvalue weighted by molar-refractivity contribution is -0.131. The predicted octanol–water partition coefficient (Wildman–Crippen LogP) is 3.51. The zero-order chi connectivity index (χ0) is 14.3. The number of carbonyl (C=O) groups is 1. The first-order valence-corrected chi connectivity index (χ1v) is 7.94. The summed E-state index contributed by atoms with van der Waals surface area (Å²) in [4.78, 5) is 11.7. The van der Waals surface area contributed by atoms with Crippen molar-refractivity contribution in [2.45, 2.75) is 13.8 Å². The highest BCUT2D eigenvalue weighted by atomic mass is 35.5. The van der Waals surface area contributed by atoms with E-state index in [9.17, 15) is 9.36 Å². The fourth-order valence-electron chi connectivity index (χ4n) is 1.36. The molecular formula is C12H16ClO5P. The maximum absolute atomic E-state index is 12.1. The van der Waals surface area contributed by atoms with Crippen LogP contribution in [-0.2, 0) is 18.4 Å². The van der Waals surface area contributed by atoms with E-state index in [-0.39, 0.29) is 19.0 Å². The van der Waals surface area contributed by atoms with Crippen molar-refractivity contribution >= 4 is 25.2 Å². The average Bonchev–Trinajstić information content (AvgIpc) is 2.32. The highest BCUT2D eigenvalue weighted by Crippen LogP contribution is 2.47. The summed E-state index contributed by atoms with van der Waals surface area (Å²) in [7, 11) is -3.45. The molecule has 0 bridgehead atoms. The summed E-state index contributed by atoms with van der Waals surface area (Å²) in [6.07, 6.45) is -0.445. The molecule has 0 aliphatic rings. The summed E-state index contributed by atoms with van der Waals surface area (Å²) in [5, 5.41) is 0.304. The van der Waals surface area contributed by atoms with Crippen molar-refractivity contribution in [1.29, 1.82) is 0 Å². The van der Waals surface area contributed by atoms with Crippen LogP contribution in [0.1, 0.15) is 13.8 Å². The molecule has 0 unspecified atom stereocenters. The Morgan fingerprint density at radius 3 is 2.32 bits per heavy atom. The van der Waals surface area contributed by atoms with Crippen molar-refractivity contribution in [2.75, 3.05) is 19.4 Å². The summed E-state index contributed by atoms with van der Waals surface area (Å²) < 4.78 is 27.2. The Balaban J connectivity index is 2.68. The molecular weight excluding hydrogens is 291 g/mol. The largest absolute Gasteiger partial charge is 0.424 e. The van der Waals surface area contributed by atoms with Gasteiger partial charge in [-0.1, -0.05) is 23.7 Å². The summed E-state index contributed by atoms with van der Waals surface area (Å²) in [5.41, 5.74) is 0. The maximum atomic E-state index is 12.1. The predicted molar refractivity (Wildman–Crippen MR) is 72.8 cm³/mol. The van der Waals surface area contributed by atoms with Gasteiger partial charge < -0.3 is 13.8 Å². The third kappa shape index (κ3) is 5.33. The second-order valence-electron chi connectivity index (χ2n) is 3.51. The van der Waals surface area contributed by atoms with E-state index < -0.39 is 19.7 Å². The van der Waals surface area contributed by atoms with E-state index in [1.54, 1.807) is 38.1 Å². The van der Waals surface area contributed by atoms with Crippen molar-refractivity contribution < 1.29 is 23.1 Å². The summed E-state index contributed by atoms with van der Waals surface area (Å²) in [5.74, 6) is -0.493. The number of ether oxygens (including phenoxy) is 1.